The Morgan fingerprint density at radius 3 is 2.86 bits per heavy atom. The molecule has 1 atom stereocenters. The fraction of sp³-hybridized carbons (Fsp3) is 0.667. The van der Waals surface area contributed by atoms with Crippen LogP contribution in [0.2, 0.25) is 0 Å². The molecule has 0 aromatic carbocycles. The molecular weight excluding hydrogens is 288 g/mol. The molecule has 21 heavy (non-hydrogen) atoms. The minimum Gasteiger partial charge on any atom is -0.492 e. The molecule has 0 bridgehead atoms. The third-order valence-corrected chi connectivity index (χ3v) is 5.08. The van der Waals surface area contributed by atoms with Crippen LogP contribution in [0, 0.1) is 5.92 Å². The Hall–Kier alpha value is -1.43. The summed E-state index contributed by atoms with van der Waals surface area (Å²) in [7, 11) is 1.59. The molecule has 1 unspecified atom stereocenters. The van der Waals surface area contributed by atoms with Gasteiger partial charge in [0.2, 0.25) is 0 Å². The largest absolute Gasteiger partial charge is 0.492 e. The lowest BCUT2D eigenvalue weighted by molar-refractivity contribution is 0.0533. The molecule has 6 heteroatoms. The molecule has 1 aromatic heterocycles. The first-order valence-corrected chi connectivity index (χ1v) is 8.28. The molecule has 118 valence electrons. The lowest BCUT2D eigenvalue weighted by Gasteiger charge is -2.21. The fourth-order valence-corrected chi connectivity index (χ4v) is 3.77. The zero-order chi connectivity index (χ0) is 15.4. The highest BCUT2D eigenvalue weighted by atomic mass is 32.1. The summed E-state index contributed by atoms with van der Waals surface area (Å²) in [5.74, 6) is 0.980. The van der Waals surface area contributed by atoms with Crippen molar-refractivity contribution in [3.05, 3.63) is 4.88 Å². The van der Waals surface area contributed by atoms with Gasteiger partial charge in [-0.3, -0.25) is 0 Å². The van der Waals surface area contributed by atoms with E-state index in [1.54, 1.807) is 14.0 Å². The summed E-state index contributed by atoms with van der Waals surface area (Å²) in [6, 6.07) is 0. The van der Waals surface area contributed by atoms with E-state index in [-0.39, 0.29) is 5.97 Å². The minimum absolute atomic E-state index is 0.342. The van der Waals surface area contributed by atoms with Crippen LogP contribution in [-0.2, 0) is 4.74 Å². The van der Waals surface area contributed by atoms with Crippen molar-refractivity contribution < 1.29 is 14.3 Å². The van der Waals surface area contributed by atoms with Crippen LogP contribution < -0.4 is 15.4 Å². The number of nitrogens with zero attached hydrogens (tertiary/aromatic N) is 1. The first kappa shape index (κ1) is 15.9. The average Bonchev–Trinajstić information content (AvgIpc) is 2.63. The third kappa shape index (κ3) is 3.43. The van der Waals surface area contributed by atoms with Gasteiger partial charge >= 0.3 is 5.97 Å². The average molecular weight is 312 g/mol. The molecule has 0 saturated carbocycles. The van der Waals surface area contributed by atoms with E-state index in [9.17, 15) is 4.79 Å². The highest BCUT2D eigenvalue weighted by Gasteiger charge is 2.27. The summed E-state index contributed by atoms with van der Waals surface area (Å²) < 4.78 is 10.5. The molecule has 2 heterocycles. The number of hydrogen-bond acceptors (Lipinski definition) is 6. The van der Waals surface area contributed by atoms with Gasteiger partial charge in [-0.1, -0.05) is 6.92 Å². The zero-order valence-electron chi connectivity index (χ0n) is 13.0. The number of anilines is 2. The minimum atomic E-state index is -0.368. The Kier molecular flexibility index (Phi) is 5.33. The number of carbonyl (C=O) groups is 1. The second kappa shape index (κ2) is 7.02. The summed E-state index contributed by atoms with van der Waals surface area (Å²) in [5.41, 5.74) is 6.47. The van der Waals surface area contributed by atoms with E-state index in [4.69, 9.17) is 15.2 Å². The molecule has 1 aliphatic rings. The lowest BCUT2D eigenvalue weighted by atomic mass is 10.0. The molecule has 0 radical (unpaired) electrons. The number of nitrogen functional groups attached to an aromatic ring is 1. The number of carbonyl (C=O) groups excluding carboxylic acids is 1. The molecule has 0 aliphatic carbocycles. The van der Waals surface area contributed by atoms with Crippen molar-refractivity contribution in [3.63, 3.8) is 0 Å². The van der Waals surface area contributed by atoms with Gasteiger partial charge in [0.15, 0.2) is 5.75 Å². The van der Waals surface area contributed by atoms with Crippen LogP contribution in [0.25, 0.3) is 0 Å². The van der Waals surface area contributed by atoms with Gasteiger partial charge in [-0.15, -0.1) is 11.3 Å². The molecule has 0 spiro atoms. The van der Waals surface area contributed by atoms with E-state index in [2.05, 4.69) is 11.8 Å². The van der Waals surface area contributed by atoms with Crippen LogP contribution in [0.4, 0.5) is 10.7 Å². The second-order valence-electron chi connectivity index (χ2n) is 5.43. The van der Waals surface area contributed by atoms with Crippen LogP contribution >= 0.6 is 11.3 Å². The topological polar surface area (TPSA) is 64.8 Å². The number of methoxy groups -OCH3 is 1. The van der Waals surface area contributed by atoms with Crippen molar-refractivity contribution in [2.75, 3.05) is 37.4 Å². The number of hydrogen-bond donors (Lipinski definition) is 1. The Morgan fingerprint density at radius 2 is 2.19 bits per heavy atom. The summed E-state index contributed by atoms with van der Waals surface area (Å²) in [6.07, 6.45) is 3.54. The van der Waals surface area contributed by atoms with E-state index in [0.717, 1.165) is 36.9 Å². The lowest BCUT2D eigenvalue weighted by Crippen LogP contribution is -2.23. The van der Waals surface area contributed by atoms with Crippen LogP contribution in [0.1, 0.15) is 42.8 Å². The van der Waals surface area contributed by atoms with Crippen molar-refractivity contribution in [2.24, 2.45) is 5.92 Å². The van der Waals surface area contributed by atoms with Gasteiger partial charge in [-0.25, -0.2) is 4.79 Å². The van der Waals surface area contributed by atoms with Gasteiger partial charge < -0.3 is 20.1 Å². The van der Waals surface area contributed by atoms with Gasteiger partial charge in [-0.05, 0) is 32.1 Å². The summed E-state index contributed by atoms with van der Waals surface area (Å²) in [6.45, 7) is 6.36. The maximum absolute atomic E-state index is 12.0. The predicted octanol–water partition coefficient (Wildman–Crippen LogP) is 3.14. The number of thiophene rings is 1. The zero-order valence-corrected chi connectivity index (χ0v) is 13.8. The molecule has 2 rings (SSSR count). The van der Waals surface area contributed by atoms with Gasteiger partial charge in [-0.2, -0.15) is 0 Å². The maximum Gasteiger partial charge on any atom is 0.350 e. The quantitative estimate of drug-likeness (QED) is 0.865. The van der Waals surface area contributed by atoms with E-state index < -0.39 is 0 Å². The number of esters is 1. The summed E-state index contributed by atoms with van der Waals surface area (Å²) in [5, 5.41) is 0.951. The number of rotatable bonds is 4. The van der Waals surface area contributed by atoms with Crippen molar-refractivity contribution in [1.29, 1.82) is 0 Å². The Bertz CT molecular complexity index is 501. The van der Waals surface area contributed by atoms with Crippen molar-refractivity contribution in [1.82, 2.24) is 0 Å². The Labute approximate surface area is 130 Å². The fourth-order valence-electron chi connectivity index (χ4n) is 2.64. The van der Waals surface area contributed by atoms with Crippen LogP contribution in [-0.4, -0.2) is 32.8 Å². The molecule has 1 saturated heterocycles. The second-order valence-corrected chi connectivity index (χ2v) is 6.43. The molecule has 0 amide bonds. The summed E-state index contributed by atoms with van der Waals surface area (Å²) >= 11 is 1.38. The smallest absolute Gasteiger partial charge is 0.350 e. The van der Waals surface area contributed by atoms with E-state index in [0.29, 0.717) is 22.9 Å². The van der Waals surface area contributed by atoms with Gasteiger partial charge in [0.05, 0.1) is 13.7 Å². The Balaban J connectivity index is 2.30. The highest BCUT2D eigenvalue weighted by molar-refractivity contribution is 7.19. The first-order valence-electron chi connectivity index (χ1n) is 7.46. The van der Waals surface area contributed by atoms with Crippen molar-refractivity contribution >= 4 is 28.0 Å². The Morgan fingerprint density at radius 1 is 1.43 bits per heavy atom. The van der Waals surface area contributed by atoms with E-state index >= 15 is 0 Å². The van der Waals surface area contributed by atoms with Crippen molar-refractivity contribution in [3.8, 4) is 5.75 Å². The van der Waals surface area contributed by atoms with Crippen LogP contribution in [0.5, 0.6) is 5.75 Å². The third-order valence-electron chi connectivity index (χ3n) is 3.85. The first-order chi connectivity index (χ1) is 10.1. The molecule has 1 aliphatic heterocycles. The predicted molar refractivity (Wildman–Crippen MR) is 86.5 cm³/mol. The maximum atomic E-state index is 12.0. The number of nitrogens with two attached hydrogens (primary N) is 1. The van der Waals surface area contributed by atoms with Crippen molar-refractivity contribution in [2.45, 2.75) is 33.1 Å². The van der Waals surface area contributed by atoms with Crippen LogP contribution in [0.15, 0.2) is 0 Å². The molecule has 5 nitrogen and oxygen atoms in total. The molecule has 2 N–H and O–H groups in total. The molecule has 1 aromatic rings. The SMILES string of the molecule is CCOC(=O)c1sc(N2CCCC(C)CC2)c(OC)c1N. The monoisotopic (exact) mass is 312 g/mol. The van der Waals surface area contributed by atoms with Gasteiger partial charge in [0.25, 0.3) is 0 Å². The molecule has 1 fully saturated rings. The van der Waals surface area contributed by atoms with E-state index in [1.807, 2.05) is 0 Å². The summed E-state index contributed by atoms with van der Waals surface area (Å²) in [4.78, 5) is 14.7. The molecular formula is C15H24N2O3S. The van der Waals surface area contributed by atoms with Gasteiger partial charge in [0.1, 0.15) is 15.6 Å². The van der Waals surface area contributed by atoms with Gasteiger partial charge in [0, 0.05) is 13.1 Å². The number of ether oxygens (including phenoxy) is 2. The normalized spacial score (nSPS) is 19.2. The standard InChI is InChI=1S/C15H24N2O3S/c1-4-20-15(18)13-11(16)12(19-3)14(21-13)17-8-5-6-10(2)7-9-17/h10H,4-9,16H2,1-3H3. The highest BCUT2D eigenvalue weighted by Crippen LogP contribution is 2.45. The van der Waals surface area contributed by atoms with E-state index in [1.165, 1.54) is 17.8 Å². The van der Waals surface area contributed by atoms with Crippen LogP contribution in [0.3, 0.4) is 0 Å².